The molecule has 3 nitrogen and oxygen atoms in total. The van der Waals surface area contributed by atoms with Crippen molar-refractivity contribution in [2.45, 2.75) is 13.0 Å². The fraction of sp³-hybridized carbons (Fsp3) is 0.133. The van der Waals surface area contributed by atoms with Gasteiger partial charge in [0.2, 0.25) is 0 Å². The third-order valence-corrected chi connectivity index (χ3v) is 3.71. The topological polar surface area (TPSA) is 52.0 Å². The van der Waals surface area contributed by atoms with Gasteiger partial charge in [-0.2, -0.15) is 0 Å². The second kappa shape index (κ2) is 5.38. The average molecular weight is 270 g/mol. The number of nitrogens with two attached hydrogens (primary N) is 1. The maximum Gasteiger partial charge on any atom is 0.117 e. The summed E-state index contributed by atoms with van der Waals surface area (Å²) in [5.74, 6) is 1.73. The van der Waals surface area contributed by atoms with E-state index in [0.717, 1.165) is 34.2 Å². The van der Waals surface area contributed by atoms with Crippen molar-refractivity contribution < 1.29 is 4.42 Å². The highest BCUT2D eigenvalue weighted by atomic mass is 32.1. The molecule has 2 N–H and O–H groups in total. The predicted molar refractivity (Wildman–Crippen MR) is 77.0 cm³/mol. The quantitative estimate of drug-likeness (QED) is 0.790. The summed E-state index contributed by atoms with van der Waals surface area (Å²) in [6.07, 6.45) is 0.720. The van der Waals surface area contributed by atoms with Gasteiger partial charge in [0, 0.05) is 10.9 Å². The van der Waals surface area contributed by atoms with E-state index < -0.39 is 0 Å². The smallest absolute Gasteiger partial charge is 0.117 e. The van der Waals surface area contributed by atoms with Crippen LogP contribution in [0.15, 0.2) is 52.3 Å². The summed E-state index contributed by atoms with van der Waals surface area (Å²) in [6.45, 7) is 0.438. The normalized spacial score (nSPS) is 10.8. The maximum atomic E-state index is 5.59. The van der Waals surface area contributed by atoms with Gasteiger partial charge in [-0.3, -0.25) is 0 Å². The standard InChI is InChI=1S/C15H14N2OS/c16-9-13-7-6-12(18-13)8-15-17-14(10-19-15)11-4-2-1-3-5-11/h1-7,10H,8-9,16H2. The highest BCUT2D eigenvalue weighted by molar-refractivity contribution is 7.10. The second-order valence-electron chi connectivity index (χ2n) is 4.24. The van der Waals surface area contributed by atoms with E-state index >= 15 is 0 Å². The van der Waals surface area contributed by atoms with Crippen LogP contribution in [-0.2, 0) is 13.0 Å². The lowest BCUT2D eigenvalue weighted by molar-refractivity contribution is 0.475. The first kappa shape index (κ1) is 12.1. The van der Waals surface area contributed by atoms with Crippen LogP contribution in [-0.4, -0.2) is 4.98 Å². The monoisotopic (exact) mass is 270 g/mol. The van der Waals surface area contributed by atoms with Gasteiger partial charge in [0.05, 0.1) is 18.7 Å². The maximum absolute atomic E-state index is 5.59. The summed E-state index contributed by atoms with van der Waals surface area (Å²) in [7, 11) is 0. The zero-order valence-electron chi connectivity index (χ0n) is 10.4. The molecule has 0 spiro atoms. The molecule has 0 bridgehead atoms. The first-order valence-electron chi connectivity index (χ1n) is 6.12. The number of rotatable bonds is 4. The summed E-state index contributed by atoms with van der Waals surface area (Å²) in [5.41, 5.74) is 7.69. The van der Waals surface area contributed by atoms with Gasteiger partial charge in [-0.25, -0.2) is 4.98 Å². The molecule has 3 aromatic rings. The molecule has 2 heterocycles. The minimum absolute atomic E-state index is 0.438. The van der Waals surface area contributed by atoms with Gasteiger partial charge in [-0.1, -0.05) is 30.3 Å². The number of hydrogen-bond acceptors (Lipinski definition) is 4. The van der Waals surface area contributed by atoms with Crippen molar-refractivity contribution in [3.63, 3.8) is 0 Å². The summed E-state index contributed by atoms with van der Waals surface area (Å²) < 4.78 is 5.59. The van der Waals surface area contributed by atoms with Crippen LogP contribution >= 0.6 is 11.3 Å². The van der Waals surface area contributed by atoms with Crippen LogP contribution in [0.2, 0.25) is 0 Å². The van der Waals surface area contributed by atoms with E-state index in [0.29, 0.717) is 6.54 Å². The number of thiazole rings is 1. The SMILES string of the molecule is NCc1ccc(Cc2nc(-c3ccccc3)cs2)o1. The van der Waals surface area contributed by atoms with Crippen LogP contribution in [0.4, 0.5) is 0 Å². The number of aromatic nitrogens is 1. The van der Waals surface area contributed by atoms with E-state index in [9.17, 15) is 0 Å². The lowest BCUT2D eigenvalue weighted by Crippen LogP contribution is -1.93. The molecule has 0 saturated heterocycles. The molecule has 4 heteroatoms. The Morgan fingerprint density at radius 3 is 2.58 bits per heavy atom. The molecule has 0 atom stereocenters. The van der Waals surface area contributed by atoms with Crippen molar-refractivity contribution in [1.29, 1.82) is 0 Å². The molecule has 0 aliphatic heterocycles. The number of nitrogens with zero attached hydrogens (tertiary/aromatic N) is 1. The zero-order valence-corrected chi connectivity index (χ0v) is 11.2. The summed E-state index contributed by atoms with van der Waals surface area (Å²) in [6, 6.07) is 14.1. The molecule has 2 aromatic heterocycles. The van der Waals surface area contributed by atoms with Crippen LogP contribution in [0.3, 0.4) is 0 Å². The largest absolute Gasteiger partial charge is 0.464 e. The van der Waals surface area contributed by atoms with Crippen LogP contribution < -0.4 is 5.73 Å². The Labute approximate surface area is 115 Å². The molecule has 0 amide bonds. The number of furan rings is 1. The predicted octanol–water partition coefficient (Wildman–Crippen LogP) is 3.45. The molecule has 0 aliphatic carbocycles. The Bertz CT molecular complexity index is 658. The Kier molecular flexibility index (Phi) is 3.44. The molecular formula is C15H14N2OS. The van der Waals surface area contributed by atoms with E-state index in [1.54, 1.807) is 11.3 Å². The summed E-state index contributed by atoms with van der Waals surface area (Å²) in [5, 5.41) is 3.13. The first-order chi connectivity index (χ1) is 9.35. The lowest BCUT2D eigenvalue weighted by Gasteiger charge is -1.95. The summed E-state index contributed by atoms with van der Waals surface area (Å²) >= 11 is 1.65. The van der Waals surface area contributed by atoms with E-state index in [2.05, 4.69) is 22.5 Å². The molecule has 0 radical (unpaired) electrons. The molecule has 0 fully saturated rings. The third kappa shape index (κ3) is 2.75. The van der Waals surface area contributed by atoms with Gasteiger partial charge in [-0.05, 0) is 12.1 Å². The van der Waals surface area contributed by atoms with Gasteiger partial charge in [0.25, 0.3) is 0 Å². The third-order valence-electron chi connectivity index (χ3n) is 2.87. The second-order valence-corrected chi connectivity index (χ2v) is 5.18. The number of hydrogen-bond donors (Lipinski definition) is 1. The Morgan fingerprint density at radius 1 is 1.05 bits per heavy atom. The van der Waals surface area contributed by atoms with Gasteiger partial charge in [0.1, 0.15) is 16.5 Å². The van der Waals surface area contributed by atoms with Crippen LogP contribution in [0.25, 0.3) is 11.3 Å². The van der Waals surface area contributed by atoms with Crippen LogP contribution in [0, 0.1) is 0 Å². The van der Waals surface area contributed by atoms with Crippen molar-refractivity contribution in [3.8, 4) is 11.3 Å². The fourth-order valence-electron chi connectivity index (χ4n) is 1.91. The molecule has 0 aliphatic rings. The van der Waals surface area contributed by atoms with Crippen molar-refractivity contribution >= 4 is 11.3 Å². The fourth-order valence-corrected chi connectivity index (χ4v) is 2.72. The molecule has 1 aromatic carbocycles. The van der Waals surface area contributed by atoms with E-state index in [4.69, 9.17) is 10.2 Å². The van der Waals surface area contributed by atoms with Gasteiger partial charge in [-0.15, -0.1) is 11.3 Å². The van der Waals surface area contributed by atoms with Gasteiger partial charge in [0.15, 0.2) is 0 Å². The van der Waals surface area contributed by atoms with Gasteiger partial charge < -0.3 is 10.2 Å². The zero-order chi connectivity index (χ0) is 13.1. The van der Waals surface area contributed by atoms with Crippen LogP contribution in [0.5, 0.6) is 0 Å². The number of benzene rings is 1. The minimum Gasteiger partial charge on any atom is -0.464 e. The van der Waals surface area contributed by atoms with Gasteiger partial charge >= 0.3 is 0 Å². The Hall–Kier alpha value is -1.91. The molecule has 0 saturated carbocycles. The van der Waals surface area contributed by atoms with Crippen molar-refractivity contribution in [2.24, 2.45) is 5.73 Å². The van der Waals surface area contributed by atoms with Crippen molar-refractivity contribution in [1.82, 2.24) is 4.98 Å². The van der Waals surface area contributed by atoms with Crippen LogP contribution in [0.1, 0.15) is 16.5 Å². The molecule has 3 rings (SSSR count). The Balaban J connectivity index is 1.78. The highest BCUT2D eigenvalue weighted by Crippen LogP contribution is 2.23. The molecular weight excluding hydrogens is 256 g/mol. The van der Waals surface area contributed by atoms with E-state index in [-0.39, 0.29) is 0 Å². The Morgan fingerprint density at radius 2 is 1.84 bits per heavy atom. The van der Waals surface area contributed by atoms with E-state index in [1.165, 1.54) is 0 Å². The minimum atomic E-state index is 0.438. The van der Waals surface area contributed by atoms with E-state index in [1.807, 2.05) is 30.3 Å². The average Bonchev–Trinajstić information content (AvgIpc) is 3.09. The first-order valence-corrected chi connectivity index (χ1v) is 7.00. The van der Waals surface area contributed by atoms with Crippen molar-refractivity contribution in [2.75, 3.05) is 0 Å². The highest BCUT2D eigenvalue weighted by Gasteiger charge is 2.07. The summed E-state index contributed by atoms with van der Waals surface area (Å²) in [4.78, 5) is 4.64. The molecule has 0 unspecified atom stereocenters. The molecule has 96 valence electrons. The molecule has 19 heavy (non-hydrogen) atoms. The van der Waals surface area contributed by atoms with Crippen molar-refractivity contribution in [3.05, 3.63) is 64.4 Å². The lowest BCUT2D eigenvalue weighted by atomic mass is 10.2.